The highest BCUT2D eigenvalue weighted by Gasteiger charge is 2.54. The van der Waals surface area contributed by atoms with Crippen LogP contribution in [0.4, 0.5) is 5.13 Å². The first-order valence-corrected chi connectivity index (χ1v) is 13.2. The molecule has 4 heterocycles. The fraction of sp³-hybridized carbons (Fsp3) is 0.222. The van der Waals surface area contributed by atoms with E-state index in [1.807, 2.05) is 0 Å². The van der Waals surface area contributed by atoms with Crippen LogP contribution in [0.2, 0.25) is 0 Å². The number of aliphatic carboxylic acids is 1. The van der Waals surface area contributed by atoms with Crippen molar-refractivity contribution < 1.29 is 24.3 Å². The van der Waals surface area contributed by atoms with Crippen molar-refractivity contribution in [2.75, 3.05) is 18.1 Å². The third kappa shape index (κ3) is 5.37. The van der Waals surface area contributed by atoms with E-state index < -0.39 is 29.2 Å². The molecule has 13 nitrogen and oxygen atoms in total. The second-order valence-corrected chi connectivity index (χ2v) is 10.5. The number of nitrogens with zero attached hydrogens (tertiary/aromatic N) is 6. The van der Waals surface area contributed by atoms with Crippen molar-refractivity contribution >= 4 is 75.0 Å². The molecule has 4 rings (SSSR count). The first kappa shape index (κ1) is 24.8. The minimum atomic E-state index is -1.24. The number of nitrogens with two attached hydrogens (primary N) is 1. The van der Waals surface area contributed by atoms with Gasteiger partial charge in [0, 0.05) is 17.3 Å². The van der Waals surface area contributed by atoms with E-state index in [0.29, 0.717) is 15.7 Å². The summed E-state index contributed by atoms with van der Waals surface area (Å²) in [7, 11) is 0. The molecule has 35 heavy (non-hydrogen) atoms. The molecule has 1 saturated heterocycles. The lowest BCUT2D eigenvalue weighted by Gasteiger charge is -2.49. The lowest BCUT2D eigenvalue weighted by molar-refractivity contribution is -0.150. The summed E-state index contributed by atoms with van der Waals surface area (Å²) in [5.74, 6) is -2.29. The van der Waals surface area contributed by atoms with Gasteiger partial charge in [0.15, 0.2) is 9.47 Å². The van der Waals surface area contributed by atoms with Gasteiger partial charge in [0.1, 0.15) is 29.2 Å². The number of carbonyl (C=O) groups excluding carboxylic acids is 2. The first-order valence-electron chi connectivity index (χ1n) is 9.62. The maximum atomic E-state index is 12.9. The summed E-state index contributed by atoms with van der Waals surface area (Å²) < 4.78 is 4.67. The van der Waals surface area contributed by atoms with E-state index in [2.05, 4.69) is 36.6 Å². The number of carboxylic acid groups (broad SMARTS) is 1. The lowest BCUT2D eigenvalue weighted by atomic mass is 10.0. The molecule has 2 amide bonds. The third-order valence-electron chi connectivity index (χ3n) is 4.48. The average Bonchev–Trinajstić information content (AvgIpc) is 3.51. The zero-order valence-corrected chi connectivity index (χ0v) is 20.8. The predicted octanol–water partition coefficient (Wildman–Crippen LogP) is 0.923. The van der Waals surface area contributed by atoms with Crippen molar-refractivity contribution in [2.24, 2.45) is 5.16 Å². The van der Waals surface area contributed by atoms with Crippen molar-refractivity contribution in [3.8, 4) is 0 Å². The quantitative estimate of drug-likeness (QED) is 0.0946. The molecule has 0 radical (unpaired) electrons. The van der Waals surface area contributed by atoms with Gasteiger partial charge in [-0.05, 0) is 17.1 Å². The second-order valence-electron chi connectivity index (χ2n) is 6.65. The van der Waals surface area contributed by atoms with Gasteiger partial charge in [0.2, 0.25) is 11.5 Å². The molecule has 0 saturated carbocycles. The lowest BCUT2D eigenvalue weighted by Crippen LogP contribution is -2.71. The van der Waals surface area contributed by atoms with Gasteiger partial charge in [-0.3, -0.25) is 14.5 Å². The zero-order valence-electron chi connectivity index (χ0n) is 17.6. The predicted molar refractivity (Wildman–Crippen MR) is 132 cm³/mol. The Balaban J connectivity index is 1.49. The molecule has 0 bridgehead atoms. The molecule has 182 valence electrons. The Morgan fingerprint density at radius 3 is 2.97 bits per heavy atom. The van der Waals surface area contributed by atoms with Gasteiger partial charge in [-0.1, -0.05) is 40.9 Å². The standard InChI is InChI=1S/C18H16N8O5S4/c1-2-4-31-24-9(12-22-17(19)35-25-12)13(27)21-10-14(28)26-11(16(29)30)8(6-33-15(10)26)3-5-32-18-23-20-7-34-18/h2-3,5,7,10,15H,1,4,6H2,(H,21,27)(H,29,30)(H2,19,22,25)/t10?,15-/m1/s1. The molecular weight excluding hydrogens is 537 g/mol. The van der Waals surface area contributed by atoms with Crippen LogP contribution in [0, 0.1) is 0 Å². The van der Waals surface area contributed by atoms with E-state index >= 15 is 0 Å². The molecule has 0 aromatic carbocycles. The molecule has 1 fully saturated rings. The molecule has 2 atom stereocenters. The van der Waals surface area contributed by atoms with Gasteiger partial charge in [-0.2, -0.15) is 9.36 Å². The smallest absolute Gasteiger partial charge is 0.352 e. The Morgan fingerprint density at radius 2 is 2.31 bits per heavy atom. The number of anilines is 1. The topological polar surface area (TPSA) is 186 Å². The summed E-state index contributed by atoms with van der Waals surface area (Å²) in [5, 5.41) is 25.0. The Bertz CT molecular complexity index is 1240. The number of carboxylic acids is 1. The summed E-state index contributed by atoms with van der Waals surface area (Å²) >= 11 is 4.84. The summed E-state index contributed by atoms with van der Waals surface area (Å²) in [5.41, 5.74) is 7.27. The number of nitrogen functional groups attached to an aromatic ring is 1. The van der Waals surface area contributed by atoms with Crippen molar-refractivity contribution in [1.29, 1.82) is 0 Å². The minimum Gasteiger partial charge on any atom is -0.477 e. The fourth-order valence-corrected chi connectivity index (χ4v) is 6.03. The fourth-order valence-electron chi connectivity index (χ4n) is 3.04. The normalized spacial score (nSPS) is 19.9. The van der Waals surface area contributed by atoms with E-state index in [1.54, 1.807) is 17.0 Å². The van der Waals surface area contributed by atoms with Gasteiger partial charge in [-0.25, -0.2) is 4.79 Å². The Morgan fingerprint density at radius 1 is 1.49 bits per heavy atom. The number of amides is 2. The molecule has 2 aromatic heterocycles. The molecule has 4 N–H and O–H groups in total. The van der Waals surface area contributed by atoms with Crippen LogP contribution in [-0.4, -0.2) is 76.8 Å². The number of carbonyl (C=O) groups is 3. The van der Waals surface area contributed by atoms with Crippen LogP contribution < -0.4 is 11.1 Å². The molecular formula is C18H16N8O5S4. The third-order valence-corrected chi connectivity index (χ3v) is 7.94. The second kappa shape index (κ2) is 11.0. The number of hydrogen-bond acceptors (Lipinski definition) is 14. The van der Waals surface area contributed by atoms with Gasteiger partial charge in [0.25, 0.3) is 11.8 Å². The molecule has 2 aliphatic heterocycles. The maximum absolute atomic E-state index is 12.9. The molecule has 0 spiro atoms. The number of rotatable bonds is 10. The molecule has 1 unspecified atom stereocenters. The van der Waals surface area contributed by atoms with Crippen molar-refractivity contribution in [3.05, 3.63) is 46.7 Å². The number of β-lactam (4-membered cyclic amide) rings is 1. The van der Waals surface area contributed by atoms with Crippen LogP contribution in [0.3, 0.4) is 0 Å². The van der Waals surface area contributed by atoms with Gasteiger partial charge >= 0.3 is 5.97 Å². The van der Waals surface area contributed by atoms with E-state index in [-0.39, 0.29) is 29.0 Å². The number of oxime groups is 1. The SMILES string of the molecule is C=CCON=C(C(=O)NC1C(=O)N2C(C(=O)O)=C(C=CSc3nncs3)CS[C@H]12)c1nsc(N)n1. The van der Waals surface area contributed by atoms with Crippen LogP contribution in [0.5, 0.6) is 0 Å². The van der Waals surface area contributed by atoms with Crippen LogP contribution in [0.1, 0.15) is 5.82 Å². The number of thioether (sulfide) groups is 2. The summed E-state index contributed by atoms with van der Waals surface area (Å²) in [6.07, 6.45) is 3.07. The monoisotopic (exact) mass is 552 g/mol. The maximum Gasteiger partial charge on any atom is 0.352 e. The van der Waals surface area contributed by atoms with Crippen molar-refractivity contribution in [3.63, 3.8) is 0 Å². The van der Waals surface area contributed by atoms with Gasteiger partial charge < -0.3 is 21.0 Å². The molecule has 17 heteroatoms. The summed E-state index contributed by atoms with van der Waals surface area (Å²) in [6, 6.07) is -0.969. The number of allylic oxidation sites excluding steroid dienone is 1. The van der Waals surface area contributed by atoms with E-state index in [4.69, 9.17) is 10.6 Å². The van der Waals surface area contributed by atoms with E-state index in [0.717, 1.165) is 11.5 Å². The number of aromatic nitrogens is 4. The Kier molecular flexibility index (Phi) is 7.79. The van der Waals surface area contributed by atoms with Crippen molar-refractivity contribution in [1.82, 2.24) is 29.8 Å². The van der Waals surface area contributed by atoms with E-state index in [1.165, 1.54) is 45.8 Å². The van der Waals surface area contributed by atoms with Crippen LogP contribution in [0.15, 0.2) is 50.4 Å². The van der Waals surface area contributed by atoms with Crippen LogP contribution in [0.25, 0.3) is 0 Å². The van der Waals surface area contributed by atoms with Gasteiger partial charge in [-0.15, -0.1) is 22.0 Å². The van der Waals surface area contributed by atoms with E-state index in [9.17, 15) is 19.5 Å². The zero-order chi connectivity index (χ0) is 24.9. The largest absolute Gasteiger partial charge is 0.477 e. The number of hydrogen-bond donors (Lipinski definition) is 3. The summed E-state index contributed by atoms with van der Waals surface area (Å²) in [4.78, 5) is 47.9. The van der Waals surface area contributed by atoms with Crippen molar-refractivity contribution in [2.45, 2.75) is 15.8 Å². The highest BCUT2D eigenvalue weighted by Crippen LogP contribution is 2.41. The van der Waals surface area contributed by atoms with Crippen LogP contribution in [-0.2, 0) is 19.2 Å². The van der Waals surface area contributed by atoms with Crippen LogP contribution >= 0.6 is 46.4 Å². The van der Waals surface area contributed by atoms with Gasteiger partial charge in [0.05, 0.1) is 0 Å². The molecule has 2 aromatic rings. The molecule has 0 aliphatic carbocycles. The number of nitrogens with one attached hydrogen (secondary N) is 1. The Labute approximate surface area is 214 Å². The Hall–Kier alpha value is -3.28. The minimum absolute atomic E-state index is 0.0332. The highest BCUT2D eigenvalue weighted by atomic mass is 32.2. The molecule has 2 aliphatic rings. The first-order chi connectivity index (χ1) is 16.9. The average molecular weight is 553 g/mol. The highest BCUT2D eigenvalue weighted by molar-refractivity contribution is 8.03. The number of fused-ring (bicyclic) bond motifs is 1. The summed E-state index contributed by atoms with van der Waals surface area (Å²) in [6.45, 7) is 3.54.